The Kier molecular flexibility index (Phi) is 5.97. The van der Waals surface area contributed by atoms with Crippen LogP contribution in [0.3, 0.4) is 0 Å². The summed E-state index contributed by atoms with van der Waals surface area (Å²) in [6.07, 6.45) is -10.8. The maximum Gasteiger partial charge on any atom is 0.435 e. The van der Waals surface area contributed by atoms with Gasteiger partial charge in [-0.1, -0.05) is 23.7 Å². The van der Waals surface area contributed by atoms with Crippen molar-refractivity contribution in [3.05, 3.63) is 63.2 Å². The average Bonchev–Trinajstić information content (AvgIpc) is 2.67. The van der Waals surface area contributed by atoms with E-state index in [-0.39, 0.29) is 22.4 Å². The number of benzene rings is 2. The molecule has 1 amide bonds. The van der Waals surface area contributed by atoms with Crippen LogP contribution in [0.1, 0.15) is 32.6 Å². The quantitative estimate of drug-likeness (QED) is 0.472. The van der Waals surface area contributed by atoms with Gasteiger partial charge >= 0.3 is 18.0 Å². The lowest BCUT2D eigenvalue weighted by molar-refractivity contribution is -0.348. The fourth-order valence-corrected chi connectivity index (χ4v) is 3.60. The van der Waals surface area contributed by atoms with E-state index in [2.05, 4.69) is 10.6 Å². The van der Waals surface area contributed by atoms with Crippen LogP contribution in [0.15, 0.2) is 35.4 Å². The maximum absolute atomic E-state index is 14.4. The van der Waals surface area contributed by atoms with Gasteiger partial charge in [0, 0.05) is 27.5 Å². The molecular weight excluding hydrogens is 465 g/mol. The molecule has 0 bridgehead atoms. The number of aryl methyl sites for hydroxylation is 2. The zero-order valence-corrected chi connectivity index (χ0v) is 17.4. The van der Waals surface area contributed by atoms with E-state index >= 15 is 0 Å². The third kappa shape index (κ3) is 4.15. The maximum atomic E-state index is 14.4. The zero-order chi connectivity index (χ0) is 24.1. The lowest BCUT2D eigenvalue weighted by Crippen LogP contribution is -2.50. The van der Waals surface area contributed by atoms with Crippen LogP contribution in [0.4, 0.5) is 42.1 Å². The molecule has 1 aliphatic heterocycles. The van der Waals surface area contributed by atoms with Crippen LogP contribution in [-0.2, 0) is 5.67 Å². The van der Waals surface area contributed by atoms with Crippen LogP contribution in [0, 0.1) is 13.8 Å². The minimum Gasteiger partial charge on any atom is -0.380 e. The van der Waals surface area contributed by atoms with E-state index in [1.54, 1.807) is 12.1 Å². The number of carbonyl (C=O) groups is 1. The summed E-state index contributed by atoms with van der Waals surface area (Å²) in [7, 11) is 0. The van der Waals surface area contributed by atoms with E-state index in [9.17, 15) is 35.5 Å². The van der Waals surface area contributed by atoms with Gasteiger partial charge in [-0.25, -0.2) is 4.39 Å². The average molecular weight is 481 g/mol. The highest BCUT2D eigenvalue weighted by Crippen LogP contribution is 2.53. The van der Waals surface area contributed by atoms with Crippen molar-refractivity contribution in [3.63, 3.8) is 0 Å². The van der Waals surface area contributed by atoms with E-state index in [0.717, 1.165) is 5.69 Å². The van der Waals surface area contributed by atoms with Crippen LogP contribution in [-0.4, -0.2) is 24.8 Å². The molecule has 0 saturated carbocycles. The third-order valence-corrected chi connectivity index (χ3v) is 5.27. The summed E-state index contributed by atoms with van der Waals surface area (Å²) < 4.78 is 92.8. The minimum absolute atomic E-state index is 0.0186. The molecular formula is C21H16ClF7N2O. The smallest absolute Gasteiger partial charge is 0.380 e. The van der Waals surface area contributed by atoms with Gasteiger partial charge in [0.15, 0.2) is 0 Å². The predicted molar refractivity (Wildman–Crippen MR) is 108 cm³/mol. The van der Waals surface area contributed by atoms with Gasteiger partial charge in [-0.15, -0.1) is 0 Å². The standard InChI is InChI=1S/C21H16ClF7N2O/c1-10-5-14(19(23,20(24,25)26)21(27,28)29)6-11(2)17(10)31-18(32)12-3-4-16-13(7-12)8-15(22)9-30-16/h3-8,30H,9H2,1-2H3,(H,31,32). The number of fused-ring (bicyclic) bond motifs is 1. The van der Waals surface area contributed by atoms with Crippen molar-refractivity contribution in [2.75, 3.05) is 17.2 Å². The minimum atomic E-state index is -6.22. The fraction of sp³-hybridized carbons (Fsp3) is 0.286. The largest absolute Gasteiger partial charge is 0.435 e. The summed E-state index contributed by atoms with van der Waals surface area (Å²) in [4.78, 5) is 12.7. The molecule has 0 aromatic heterocycles. The summed E-state index contributed by atoms with van der Waals surface area (Å²) in [5.74, 6) is -0.653. The van der Waals surface area contributed by atoms with Crippen molar-refractivity contribution >= 4 is 35.0 Å². The second-order valence-electron chi connectivity index (χ2n) is 7.34. The number of halogens is 8. The van der Waals surface area contributed by atoms with Crippen LogP contribution in [0.5, 0.6) is 0 Å². The Bertz CT molecular complexity index is 1070. The number of rotatable bonds is 3. The van der Waals surface area contributed by atoms with Gasteiger partial charge in [0.2, 0.25) is 0 Å². The topological polar surface area (TPSA) is 41.1 Å². The lowest BCUT2D eigenvalue weighted by atomic mass is 9.90. The number of hydrogen-bond acceptors (Lipinski definition) is 2. The van der Waals surface area contributed by atoms with Gasteiger partial charge in [-0.05, 0) is 54.8 Å². The number of hydrogen-bond donors (Lipinski definition) is 2. The van der Waals surface area contributed by atoms with E-state index in [1.165, 1.54) is 26.0 Å². The number of nitrogens with one attached hydrogen (secondary N) is 2. The Morgan fingerprint density at radius 3 is 2.06 bits per heavy atom. The third-order valence-electron chi connectivity index (χ3n) is 5.02. The molecule has 0 spiro atoms. The molecule has 0 radical (unpaired) electrons. The van der Waals surface area contributed by atoms with Crippen LogP contribution >= 0.6 is 11.6 Å². The van der Waals surface area contributed by atoms with Crippen molar-refractivity contribution in [1.82, 2.24) is 0 Å². The molecule has 3 nitrogen and oxygen atoms in total. The van der Waals surface area contributed by atoms with Crippen LogP contribution in [0.25, 0.3) is 6.08 Å². The number of alkyl halides is 7. The molecule has 0 atom stereocenters. The first-order valence-electron chi connectivity index (χ1n) is 9.14. The highest BCUT2D eigenvalue weighted by molar-refractivity contribution is 6.32. The number of carbonyl (C=O) groups excluding carboxylic acids is 1. The first-order valence-corrected chi connectivity index (χ1v) is 9.52. The van der Waals surface area contributed by atoms with Gasteiger partial charge < -0.3 is 10.6 Å². The number of anilines is 2. The highest BCUT2D eigenvalue weighted by Gasteiger charge is 2.73. The van der Waals surface area contributed by atoms with Crippen LogP contribution < -0.4 is 10.6 Å². The van der Waals surface area contributed by atoms with E-state index in [4.69, 9.17) is 11.6 Å². The Morgan fingerprint density at radius 2 is 1.53 bits per heavy atom. The highest BCUT2D eigenvalue weighted by atomic mass is 35.5. The second kappa shape index (κ2) is 7.99. The lowest BCUT2D eigenvalue weighted by Gasteiger charge is -2.31. The van der Waals surface area contributed by atoms with Crippen molar-refractivity contribution in [3.8, 4) is 0 Å². The molecule has 172 valence electrons. The van der Waals surface area contributed by atoms with Crippen LogP contribution in [0.2, 0.25) is 0 Å². The molecule has 2 N–H and O–H groups in total. The number of amides is 1. The Morgan fingerprint density at radius 1 is 0.969 bits per heavy atom. The molecule has 1 heterocycles. The molecule has 1 aliphatic rings. The predicted octanol–water partition coefficient (Wildman–Crippen LogP) is 6.85. The monoisotopic (exact) mass is 480 g/mol. The van der Waals surface area contributed by atoms with E-state index < -0.39 is 29.5 Å². The fourth-order valence-electron chi connectivity index (χ4n) is 3.42. The Hall–Kier alpha value is -2.75. The molecule has 2 aromatic carbocycles. The summed E-state index contributed by atoms with van der Waals surface area (Å²) >= 11 is 5.97. The Balaban J connectivity index is 1.96. The van der Waals surface area contributed by atoms with Crippen molar-refractivity contribution < 1.29 is 35.5 Å². The van der Waals surface area contributed by atoms with Gasteiger partial charge in [0.1, 0.15) is 0 Å². The molecule has 0 unspecified atom stereocenters. The summed E-state index contributed by atoms with van der Waals surface area (Å²) in [6.45, 7) is 2.79. The molecule has 0 aliphatic carbocycles. The molecule has 3 rings (SSSR count). The summed E-state index contributed by atoms with van der Waals surface area (Å²) in [5, 5.41) is 6.03. The Labute approximate surface area is 183 Å². The zero-order valence-electron chi connectivity index (χ0n) is 16.6. The van der Waals surface area contributed by atoms with Crippen molar-refractivity contribution in [2.24, 2.45) is 0 Å². The second-order valence-corrected chi connectivity index (χ2v) is 7.83. The van der Waals surface area contributed by atoms with Gasteiger partial charge in [0.25, 0.3) is 5.91 Å². The normalized spacial score (nSPS) is 14.4. The first kappa shape index (κ1) is 23.9. The van der Waals surface area contributed by atoms with E-state index in [0.29, 0.717) is 29.3 Å². The molecule has 32 heavy (non-hydrogen) atoms. The molecule has 0 saturated heterocycles. The summed E-state index contributed by atoms with van der Waals surface area (Å²) in [6, 6.07) is 5.52. The van der Waals surface area contributed by atoms with Crippen molar-refractivity contribution in [1.29, 1.82) is 0 Å². The van der Waals surface area contributed by atoms with Crippen molar-refractivity contribution in [2.45, 2.75) is 31.9 Å². The molecule has 11 heteroatoms. The molecule has 2 aromatic rings. The SMILES string of the molecule is Cc1cc(C(F)(C(F)(F)F)C(F)(F)F)cc(C)c1NC(=O)c1ccc2c(c1)C=C(Cl)CN2. The van der Waals surface area contributed by atoms with E-state index in [1.807, 2.05) is 0 Å². The van der Waals surface area contributed by atoms with Gasteiger partial charge in [-0.3, -0.25) is 4.79 Å². The van der Waals surface area contributed by atoms with Gasteiger partial charge in [-0.2, -0.15) is 26.3 Å². The summed E-state index contributed by atoms with van der Waals surface area (Å²) in [5.41, 5.74) is -5.94. The van der Waals surface area contributed by atoms with Gasteiger partial charge in [0.05, 0.1) is 6.54 Å². The molecule has 0 fully saturated rings. The first-order chi connectivity index (χ1) is 14.6.